The lowest BCUT2D eigenvalue weighted by Crippen LogP contribution is -2.36. The van der Waals surface area contributed by atoms with Crippen LogP contribution in [0.25, 0.3) is 0 Å². The third-order valence-electron chi connectivity index (χ3n) is 2.58. The molecule has 19 heavy (non-hydrogen) atoms. The number of amides is 1. The highest BCUT2D eigenvalue weighted by Crippen LogP contribution is 2.24. The van der Waals surface area contributed by atoms with Crippen LogP contribution in [0.5, 0.6) is 0 Å². The van der Waals surface area contributed by atoms with Crippen LogP contribution in [0.2, 0.25) is 5.02 Å². The van der Waals surface area contributed by atoms with Crippen LogP contribution in [0, 0.1) is 6.92 Å². The average Bonchev–Trinajstić information content (AvgIpc) is 2.33. The summed E-state index contributed by atoms with van der Waals surface area (Å²) in [6.45, 7) is 1.81. The molecule has 0 atom stereocenters. The van der Waals surface area contributed by atoms with Gasteiger partial charge in [0.25, 0.3) is 5.91 Å². The van der Waals surface area contributed by atoms with Gasteiger partial charge in [-0.3, -0.25) is 9.59 Å². The molecule has 5 nitrogen and oxygen atoms in total. The Morgan fingerprint density at radius 3 is 2.68 bits per heavy atom. The predicted octanol–water partition coefficient (Wildman–Crippen LogP) is 2.10. The maximum absolute atomic E-state index is 12.0. The Morgan fingerprint density at radius 2 is 2.11 bits per heavy atom. The minimum atomic E-state index is -0.963. The number of carboxylic acids is 1. The maximum Gasteiger partial charge on any atom is 0.305 e. The molecule has 0 aliphatic heterocycles. The number of nitrogens with zero attached hydrogens (tertiary/aromatic N) is 1. The SMILES string of the molecule is COCC(=O)N(CCC(=O)O)c1cc(Cl)ccc1C. The number of methoxy groups -OCH3 is 1. The van der Waals surface area contributed by atoms with Gasteiger partial charge in [-0.25, -0.2) is 0 Å². The maximum atomic E-state index is 12.0. The zero-order valence-corrected chi connectivity index (χ0v) is 11.6. The monoisotopic (exact) mass is 285 g/mol. The molecule has 0 unspecified atom stereocenters. The standard InChI is InChI=1S/C13H16ClNO4/c1-9-3-4-10(14)7-11(9)15(6-5-13(17)18)12(16)8-19-2/h3-4,7H,5-6,8H2,1-2H3,(H,17,18). The van der Waals surface area contributed by atoms with E-state index in [0.29, 0.717) is 10.7 Å². The molecule has 0 heterocycles. The lowest BCUT2D eigenvalue weighted by atomic mass is 10.1. The van der Waals surface area contributed by atoms with E-state index in [1.807, 2.05) is 6.92 Å². The number of anilines is 1. The molecule has 0 aliphatic carbocycles. The highest BCUT2D eigenvalue weighted by Gasteiger charge is 2.18. The zero-order chi connectivity index (χ0) is 14.4. The summed E-state index contributed by atoms with van der Waals surface area (Å²) >= 11 is 5.92. The van der Waals surface area contributed by atoms with Crippen LogP contribution in [-0.2, 0) is 14.3 Å². The van der Waals surface area contributed by atoms with Crippen molar-refractivity contribution in [3.63, 3.8) is 0 Å². The highest BCUT2D eigenvalue weighted by molar-refractivity contribution is 6.31. The van der Waals surface area contributed by atoms with Crippen molar-refractivity contribution in [1.29, 1.82) is 0 Å². The van der Waals surface area contributed by atoms with Gasteiger partial charge in [-0.15, -0.1) is 0 Å². The van der Waals surface area contributed by atoms with Gasteiger partial charge in [-0.1, -0.05) is 17.7 Å². The molecule has 6 heteroatoms. The number of aryl methyl sites for hydroxylation is 1. The number of halogens is 1. The molecule has 1 aromatic rings. The number of benzene rings is 1. The molecular formula is C13H16ClNO4. The predicted molar refractivity (Wildman–Crippen MR) is 72.7 cm³/mol. The molecule has 0 saturated heterocycles. The minimum Gasteiger partial charge on any atom is -0.481 e. The van der Waals surface area contributed by atoms with Crippen molar-refractivity contribution in [1.82, 2.24) is 0 Å². The first-order valence-electron chi connectivity index (χ1n) is 5.73. The van der Waals surface area contributed by atoms with Crippen LogP contribution in [-0.4, -0.2) is 37.2 Å². The Morgan fingerprint density at radius 1 is 1.42 bits per heavy atom. The van der Waals surface area contributed by atoms with Crippen LogP contribution in [0.3, 0.4) is 0 Å². The average molecular weight is 286 g/mol. The van der Waals surface area contributed by atoms with Gasteiger partial charge in [0.05, 0.1) is 6.42 Å². The molecule has 0 spiro atoms. The second-order valence-corrected chi connectivity index (χ2v) is 4.49. The van der Waals surface area contributed by atoms with Crippen molar-refractivity contribution in [3.8, 4) is 0 Å². The van der Waals surface area contributed by atoms with Crippen LogP contribution in [0.1, 0.15) is 12.0 Å². The fourth-order valence-corrected chi connectivity index (χ4v) is 1.83. The Labute approximate surface area is 116 Å². The zero-order valence-electron chi connectivity index (χ0n) is 10.9. The molecule has 0 bridgehead atoms. The lowest BCUT2D eigenvalue weighted by Gasteiger charge is -2.24. The largest absolute Gasteiger partial charge is 0.481 e. The van der Waals surface area contributed by atoms with E-state index < -0.39 is 5.97 Å². The first kappa shape index (κ1) is 15.5. The number of rotatable bonds is 6. The number of carbonyl (C=O) groups is 2. The molecule has 1 amide bonds. The van der Waals surface area contributed by atoms with Crippen LogP contribution < -0.4 is 4.90 Å². The van der Waals surface area contributed by atoms with Gasteiger partial charge in [-0.05, 0) is 24.6 Å². The summed E-state index contributed by atoms with van der Waals surface area (Å²) in [4.78, 5) is 24.0. The highest BCUT2D eigenvalue weighted by atomic mass is 35.5. The van der Waals surface area contributed by atoms with Gasteiger partial charge in [-0.2, -0.15) is 0 Å². The topological polar surface area (TPSA) is 66.8 Å². The van der Waals surface area contributed by atoms with Gasteiger partial charge < -0.3 is 14.7 Å². The Kier molecular flexibility index (Phi) is 5.79. The normalized spacial score (nSPS) is 10.3. The fourth-order valence-electron chi connectivity index (χ4n) is 1.66. The summed E-state index contributed by atoms with van der Waals surface area (Å²) in [5.74, 6) is -1.26. The molecule has 0 aliphatic rings. The van der Waals surface area contributed by atoms with E-state index in [1.165, 1.54) is 12.0 Å². The summed E-state index contributed by atoms with van der Waals surface area (Å²) in [5, 5.41) is 9.24. The van der Waals surface area contributed by atoms with E-state index in [0.717, 1.165) is 5.56 Å². The fraction of sp³-hybridized carbons (Fsp3) is 0.385. The summed E-state index contributed by atoms with van der Waals surface area (Å²) in [6, 6.07) is 5.15. The number of aliphatic carboxylic acids is 1. The second-order valence-electron chi connectivity index (χ2n) is 4.05. The number of hydrogen-bond acceptors (Lipinski definition) is 3. The number of hydrogen-bond donors (Lipinski definition) is 1. The van der Waals surface area contributed by atoms with Crippen LogP contribution in [0.4, 0.5) is 5.69 Å². The summed E-state index contributed by atoms with van der Waals surface area (Å²) in [7, 11) is 1.41. The smallest absolute Gasteiger partial charge is 0.305 e. The Hall–Kier alpha value is -1.59. The van der Waals surface area contributed by atoms with Gasteiger partial charge in [0, 0.05) is 24.4 Å². The van der Waals surface area contributed by atoms with Gasteiger partial charge in [0.15, 0.2) is 0 Å². The number of carboxylic acid groups (broad SMARTS) is 1. The molecule has 1 rings (SSSR count). The summed E-state index contributed by atoms with van der Waals surface area (Å²) in [6.07, 6.45) is -0.137. The van der Waals surface area contributed by atoms with E-state index in [1.54, 1.807) is 18.2 Å². The Balaban J connectivity index is 3.03. The van der Waals surface area contributed by atoms with Gasteiger partial charge in [0.2, 0.25) is 0 Å². The van der Waals surface area contributed by atoms with Crippen LogP contribution in [0.15, 0.2) is 18.2 Å². The molecule has 0 radical (unpaired) electrons. The second kappa shape index (κ2) is 7.11. The molecule has 0 fully saturated rings. The summed E-state index contributed by atoms with van der Waals surface area (Å²) in [5.41, 5.74) is 1.45. The molecular weight excluding hydrogens is 270 g/mol. The quantitative estimate of drug-likeness (QED) is 0.869. The third kappa shape index (κ3) is 4.54. The molecule has 0 saturated carbocycles. The third-order valence-corrected chi connectivity index (χ3v) is 2.82. The van der Waals surface area contributed by atoms with E-state index in [9.17, 15) is 9.59 Å². The first-order chi connectivity index (χ1) is 8.95. The number of carbonyl (C=O) groups excluding carboxylic acids is 1. The minimum absolute atomic E-state index is 0.0821. The van der Waals surface area contributed by atoms with Gasteiger partial charge >= 0.3 is 5.97 Å². The van der Waals surface area contributed by atoms with Crippen molar-refractivity contribution in [2.24, 2.45) is 0 Å². The van der Waals surface area contributed by atoms with Crippen LogP contribution >= 0.6 is 11.6 Å². The van der Waals surface area contributed by atoms with E-state index in [2.05, 4.69) is 0 Å². The molecule has 0 aromatic heterocycles. The van der Waals surface area contributed by atoms with E-state index >= 15 is 0 Å². The van der Waals surface area contributed by atoms with Crippen molar-refractivity contribution in [3.05, 3.63) is 28.8 Å². The van der Waals surface area contributed by atoms with E-state index in [-0.39, 0.29) is 25.5 Å². The molecule has 1 N–H and O–H groups in total. The summed E-state index contributed by atoms with van der Waals surface area (Å²) < 4.78 is 4.81. The van der Waals surface area contributed by atoms with Gasteiger partial charge in [0.1, 0.15) is 6.61 Å². The first-order valence-corrected chi connectivity index (χ1v) is 6.10. The molecule has 104 valence electrons. The van der Waals surface area contributed by atoms with Crippen molar-refractivity contribution < 1.29 is 19.4 Å². The molecule has 1 aromatic carbocycles. The number of ether oxygens (including phenoxy) is 1. The Bertz CT molecular complexity index is 476. The lowest BCUT2D eigenvalue weighted by molar-refractivity contribution is -0.136. The van der Waals surface area contributed by atoms with Crippen molar-refractivity contribution >= 4 is 29.2 Å². The van der Waals surface area contributed by atoms with Crippen molar-refractivity contribution in [2.75, 3.05) is 25.2 Å². The van der Waals surface area contributed by atoms with Crippen molar-refractivity contribution in [2.45, 2.75) is 13.3 Å². The van der Waals surface area contributed by atoms with E-state index in [4.69, 9.17) is 21.4 Å².